The van der Waals surface area contributed by atoms with Gasteiger partial charge in [-0.1, -0.05) is 45.1 Å². The SMILES string of the molecule is CCOC(C)O[C@H]1/C=C/C=C/C[C@@H](C)OC(=O)C[C@@H](OC(C)=O)[C@H](OC)[C@@H](O[C@@H]2O[C@H](C)[C@@H](O[C@H]3C[C@@](C)(OC)[C@@H](OC(=O)CC(C)C)[C@H](C)O3)[C@H](N(C)C)[C@H]2O)[C@@H](CC=O)C[C@H]1C. The van der Waals surface area contributed by atoms with E-state index in [1.165, 1.54) is 14.0 Å². The van der Waals surface area contributed by atoms with Crippen molar-refractivity contribution in [1.82, 2.24) is 4.90 Å². The van der Waals surface area contributed by atoms with E-state index in [-0.39, 0.29) is 43.5 Å². The molecule has 0 aromatic carbocycles. The largest absolute Gasteiger partial charge is 0.462 e. The standard InChI is InChI=1S/C47H79NO16/c1-15-56-33(9)61-35-20-18-16-17-19-29(5)57-38(52)25-36(60-32(8)50)44(54-13)43(34(21-22-49)24-28(35)4)64-46-41(53)40(48(11)12)42(30(6)59-46)63-39-26-47(10,55-14)45(31(7)58-39)62-37(51)23-27(2)3/h16-18,20,22,27-31,33-36,39-46,53H,15,19,21,23-26H2,1-14H3/b17-16+,20-18+/t28-,29-,30-,31+,33?,34+,35+,36-,39+,40-,41-,42-,43+,44+,45+,46+,47-/m1/s1. The van der Waals surface area contributed by atoms with Crippen LogP contribution in [0.15, 0.2) is 24.3 Å². The van der Waals surface area contributed by atoms with Gasteiger partial charge in [-0.2, -0.15) is 0 Å². The van der Waals surface area contributed by atoms with Gasteiger partial charge < -0.3 is 66.9 Å². The molecule has 17 nitrogen and oxygen atoms in total. The predicted octanol–water partition coefficient (Wildman–Crippen LogP) is 5.07. The van der Waals surface area contributed by atoms with Crippen LogP contribution < -0.4 is 0 Å². The van der Waals surface area contributed by atoms with Crippen LogP contribution >= 0.6 is 0 Å². The van der Waals surface area contributed by atoms with Crippen LogP contribution in [0.3, 0.4) is 0 Å². The molecule has 3 rings (SSSR count). The van der Waals surface area contributed by atoms with Crippen molar-refractivity contribution in [2.24, 2.45) is 17.8 Å². The molecule has 2 fully saturated rings. The van der Waals surface area contributed by atoms with Gasteiger partial charge >= 0.3 is 17.9 Å². The number of carbonyl (C=O) groups is 4. The number of aldehydes is 1. The van der Waals surface area contributed by atoms with Gasteiger partial charge in [0.15, 0.2) is 25.0 Å². The van der Waals surface area contributed by atoms with Gasteiger partial charge in [-0.05, 0) is 79.8 Å². The molecule has 3 aliphatic heterocycles. The first-order chi connectivity index (χ1) is 30.2. The van der Waals surface area contributed by atoms with Crippen molar-refractivity contribution < 1.29 is 76.4 Å². The lowest BCUT2D eigenvalue weighted by molar-refractivity contribution is -0.345. The molecular formula is C47H79NO16. The zero-order valence-corrected chi connectivity index (χ0v) is 40.7. The Labute approximate surface area is 381 Å². The first-order valence-corrected chi connectivity index (χ1v) is 22.8. The van der Waals surface area contributed by atoms with Gasteiger partial charge in [0.2, 0.25) is 0 Å². The zero-order chi connectivity index (χ0) is 47.9. The first kappa shape index (κ1) is 55.5. The summed E-state index contributed by atoms with van der Waals surface area (Å²) in [6.45, 7) is 18.4. The second kappa shape index (κ2) is 26.5. The van der Waals surface area contributed by atoms with Crippen LogP contribution in [0, 0.1) is 17.8 Å². The van der Waals surface area contributed by atoms with E-state index in [0.29, 0.717) is 19.4 Å². The lowest BCUT2D eigenvalue weighted by Gasteiger charge is -2.51. The molecule has 3 aliphatic rings. The highest BCUT2D eigenvalue weighted by Crippen LogP contribution is 2.39. The number of aliphatic hydroxyl groups is 1. The van der Waals surface area contributed by atoms with E-state index in [1.54, 1.807) is 42.0 Å². The monoisotopic (exact) mass is 914 g/mol. The second-order valence-corrected chi connectivity index (χ2v) is 18.3. The Morgan fingerprint density at radius 3 is 2.30 bits per heavy atom. The van der Waals surface area contributed by atoms with Gasteiger partial charge in [-0.15, -0.1) is 0 Å². The van der Waals surface area contributed by atoms with Gasteiger partial charge in [0.1, 0.15) is 42.4 Å². The summed E-state index contributed by atoms with van der Waals surface area (Å²) in [4.78, 5) is 53.2. The third kappa shape index (κ3) is 16.2. The zero-order valence-electron chi connectivity index (χ0n) is 40.7. The van der Waals surface area contributed by atoms with Gasteiger partial charge in [-0.25, -0.2) is 0 Å². The minimum absolute atomic E-state index is 0.0368. The Morgan fingerprint density at radius 1 is 1.00 bits per heavy atom. The molecule has 0 radical (unpaired) electrons. The molecule has 3 heterocycles. The summed E-state index contributed by atoms with van der Waals surface area (Å²) in [6, 6.07) is -0.740. The van der Waals surface area contributed by atoms with Crippen molar-refractivity contribution in [3.63, 3.8) is 0 Å². The van der Waals surface area contributed by atoms with Crippen LogP contribution in [0.5, 0.6) is 0 Å². The van der Waals surface area contributed by atoms with Crippen LogP contribution in [0.1, 0.15) is 108 Å². The minimum Gasteiger partial charge on any atom is -0.462 e. The molecule has 0 saturated carbocycles. The van der Waals surface area contributed by atoms with Gasteiger partial charge in [0.25, 0.3) is 0 Å². The molecule has 1 N–H and O–H groups in total. The van der Waals surface area contributed by atoms with Crippen LogP contribution in [-0.2, 0) is 71.3 Å². The van der Waals surface area contributed by atoms with Crippen molar-refractivity contribution in [3.8, 4) is 0 Å². The van der Waals surface area contributed by atoms with E-state index >= 15 is 0 Å². The average Bonchev–Trinajstić information content (AvgIpc) is 3.19. The van der Waals surface area contributed by atoms with Crippen molar-refractivity contribution in [2.75, 3.05) is 34.9 Å². The molecule has 0 aliphatic carbocycles. The van der Waals surface area contributed by atoms with E-state index in [0.717, 1.165) is 6.29 Å². The number of esters is 3. The molecule has 17 atom stereocenters. The van der Waals surface area contributed by atoms with Crippen LogP contribution in [0.4, 0.5) is 0 Å². The van der Waals surface area contributed by atoms with Crippen LogP contribution in [0.25, 0.3) is 0 Å². The molecule has 1 unspecified atom stereocenters. The number of hydrogen-bond donors (Lipinski definition) is 1. The maximum Gasteiger partial charge on any atom is 0.309 e. The number of nitrogens with zero attached hydrogens (tertiary/aromatic N) is 1. The fraction of sp³-hybridized carbons (Fsp3) is 0.830. The van der Waals surface area contributed by atoms with E-state index < -0.39 is 109 Å². The van der Waals surface area contributed by atoms with Crippen LogP contribution in [-0.4, -0.2) is 161 Å². The molecule has 0 aromatic rings. The number of allylic oxidation sites excluding steroid dienone is 2. The summed E-state index contributed by atoms with van der Waals surface area (Å²) in [5.74, 6) is -2.44. The Morgan fingerprint density at radius 2 is 1.70 bits per heavy atom. The number of ether oxygens (including phenoxy) is 11. The summed E-state index contributed by atoms with van der Waals surface area (Å²) in [5.41, 5.74) is -0.962. The number of carbonyl (C=O) groups excluding carboxylic acids is 4. The van der Waals surface area contributed by atoms with Crippen molar-refractivity contribution in [1.29, 1.82) is 0 Å². The van der Waals surface area contributed by atoms with E-state index in [2.05, 4.69) is 0 Å². The fourth-order valence-corrected chi connectivity index (χ4v) is 8.93. The summed E-state index contributed by atoms with van der Waals surface area (Å²) in [5, 5.41) is 12.3. The lowest BCUT2D eigenvalue weighted by Crippen LogP contribution is -2.66. The maximum absolute atomic E-state index is 13.4. The highest BCUT2D eigenvalue weighted by molar-refractivity contribution is 5.72. The second-order valence-electron chi connectivity index (χ2n) is 18.3. The number of hydrogen-bond acceptors (Lipinski definition) is 17. The normalized spacial score (nSPS) is 38.5. The molecular weight excluding hydrogens is 835 g/mol. The third-order valence-corrected chi connectivity index (χ3v) is 12.1. The molecule has 0 bridgehead atoms. The first-order valence-electron chi connectivity index (χ1n) is 22.8. The topological polar surface area (TPSA) is 193 Å². The number of methoxy groups -OCH3 is 2. The average molecular weight is 914 g/mol. The number of rotatable bonds is 17. The Bertz CT molecular complexity index is 1510. The van der Waals surface area contributed by atoms with E-state index in [9.17, 15) is 24.3 Å². The van der Waals surface area contributed by atoms with Crippen LogP contribution in [0.2, 0.25) is 0 Å². The Kier molecular flexibility index (Phi) is 23.0. The molecule has 0 spiro atoms. The number of aliphatic hydroxyl groups excluding tert-OH is 1. The molecule has 64 heavy (non-hydrogen) atoms. The fourth-order valence-electron chi connectivity index (χ4n) is 8.93. The lowest BCUT2D eigenvalue weighted by atomic mass is 9.82. The van der Waals surface area contributed by atoms with Gasteiger partial charge in [0.05, 0.1) is 36.9 Å². The maximum atomic E-state index is 13.4. The van der Waals surface area contributed by atoms with E-state index in [4.69, 9.17) is 52.1 Å². The number of likely N-dealkylation sites (N-methyl/N-ethyl adjacent to an activating group) is 1. The summed E-state index contributed by atoms with van der Waals surface area (Å²) >= 11 is 0. The summed E-state index contributed by atoms with van der Waals surface area (Å²) < 4.78 is 67.9. The molecule has 368 valence electrons. The highest BCUT2D eigenvalue weighted by atomic mass is 16.7. The van der Waals surface area contributed by atoms with Crippen molar-refractivity contribution in [3.05, 3.63) is 24.3 Å². The quantitative estimate of drug-likeness (QED) is 0.0879. The molecule has 0 aromatic heterocycles. The highest BCUT2D eigenvalue weighted by Gasteiger charge is 2.53. The van der Waals surface area contributed by atoms with Gasteiger partial charge in [0, 0.05) is 53.4 Å². The number of cyclic esters (lactones) is 1. The third-order valence-electron chi connectivity index (χ3n) is 12.1. The van der Waals surface area contributed by atoms with E-state index in [1.807, 2.05) is 70.7 Å². The van der Waals surface area contributed by atoms with Gasteiger partial charge in [-0.3, -0.25) is 14.4 Å². The smallest absolute Gasteiger partial charge is 0.309 e. The van der Waals surface area contributed by atoms with Crippen molar-refractivity contribution >= 4 is 24.2 Å². The predicted molar refractivity (Wildman–Crippen MR) is 235 cm³/mol. The Balaban J connectivity index is 2.05. The molecule has 0 amide bonds. The summed E-state index contributed by atoms with van der Waals surface area (Å²) in [6.07, 6.45) is -2.31. The van der Waals surface area contributed by atoms with Crippen molar-refractivity contribution in [2.45, 2.75) is 199 Å². The molecule has 2 saturated heterocycles. The summed E-state index contributed by atoms with van der Waals surface area (Å²) in [7, 11) is 6.54. The molecule has 17 heteroatoms. The minimum atomic E-state index is -1.36. The Hall–Kier alpha value is -2.84.